The van der Waals surface area contributed by atoms with E-state index >= 15 is 0 Å². The largest absolute Gasteiger partial charge is 0.322 e. The summed E-state index contributed by atoms with van der Waals surface area (Å²) in [5.41, 5.74) is 10.3. The van der Waals surface area contributed by atoms with E-state index in [9.17, 15) is 13.2 Å². The van der Waals surface area contributed by atoms with Crippen molar-refractivity contribution in [2.45, 2.75) is 11.6 Å². The molecule has 0 aromatic heterocycles. The third-order valence-electron chi connectivity index (χ3n) is 2.75. The topological polar surface area (TPSA) is 52.0 Å². The molecule has 1 aliphatic rings. The summed E-state index contributed by atoms with van der Waals surface area (Å²) < 4.78 is 39.4. The summed E-state index contributed by atoms with van der Waals surface area (Å²) in [6, 6.07) is 2.07. The van der Waals surface area contributed by atoms with Crippen LogP contribution in [0.2, 0.25) is 0 Å². The zero-order valence-electron chi connectivity index (χ0n) is 8.83. The Hall–Kier alpha value is -1.59. The van der Waals surface area contributed by atoms with Gasteiger partial charge in [-0.15, -0.1) is 0 Å². The molecule has 17 heavy (non-hydrogen) atoms. The molecule has 0 radical (unpaired) electrons. The number of rotatable bonds is 1. The first-order valence-corrected chi connectivity index (χ1v) is 4.99. The van der Waals surface area contributed by atoms with E-state index in [0.717, 1.165) is 24.3 Å². The fourth-order valence-electron chi connectivity index (χ4n) is 1.81. The maximum atomic E-state index is 13.2. The van der Waals surface area contributed by atoms with Gasteiger partial charge in [-0.25, -0.2) is 13.2 Å². The molecular weight excluding hydrogens is 229 g/mol. The number of hydrogen-bond acceptors (Lipinski definition) is 2. The third kappa shape index (κ3) is 2.11. The van der Waals surface area contributed by atoms with Crippen LogP contribution in [0.3, 0.4) is 0 Å². The molecule has 0 bridgehead atoms. The second-order valence-corrected chi connectivity index (χ2v) is 4.01. The van der Waals surface area contributed by atoms with Crippen LogP contribution in [0.4, 0.5) is 13.2 Å². The first kappa shape index (κ1) is 11.9. The number of allylic oxidation sites excluding steroid dienone is 2. The Morgan fingerprint density at radius 2 is 1.65 bits per heavy atom. The van der Waals surface area contributed by atoms with E-state index in [1.807, 2.05) is 0 Å². The summed E-state index contributed by atoms with van der Waals surface area (Å²) in [6.45, 7) is 0. The molecule has 5 heteroatoms. The Balaban J connectivity index is 2.54. The second-order valence-electron chi connectivity index (χ2n) is 4.01. The fraction of sp³-hybridized carbons (Fsp3) is 0.167. The molecule has 2 rings (SSSR count). The first-order chi connectivity index (χ1) is 7.91. The molecule has 1 aromatic rings. The van der Waals surface area contributed by atoms with E-state index in [1.54, 1.807) is 0 Å². The minimum atomic E-state index is -1.44. The van der Waals surface area contributed by atoms with Gasteiger partial charge < -0.3 is 11.5 Å². The van der Waals surface area contributed by atoms with E-state index in [2.05, 4.69) is 0 Å². The van der Waals surface area contributed by atoms with Crippen LogP contribution in [0.1, 0.15) is 5.56 Å². The molecule has 2 atom stereocenters. The van der Waals surface area contributed by atoms with Crippen molar-refractivity contribution in [3.63, 3.8) is 0 Å². The van der Waals surface area contributed by atoms with Gasteiger partial charge in [0.25, 0.3) is 0 Å². The Kier molecular flexibility index (Phi) is 2.81. The molecular formula is C12H11F3N2. The van der Waals surface area contributed by atoms with Gasteiger partial charge in [-0.2, -0.15) is 0 Å². The van der Waals surface area contributed by atoms with Crippen molar-refractivity contribution in [3.8, 4) is 0 Å². The van der Waals surface area contributed by atoms with Crippen molar-refractivity contribution in [1.29, 1.82) is 0 Å². The average Bonchev–Trinajstić information content (AvgIpc) is 2.22. The quantitative estimate of drug-likeness (QED) is 0.787. The Labute approximate surface area is 96.4 Å². The average molecular weight is 240 g/mol. The van der Waals surface area contributed by atoms with E-state index in [-0.39, 0.29) is 5.56 Å². The summed E-state index contributed by atoms with van der Waals surface area (Å²) in [7, 11) is 0. The molecule has 0 saturated carbocycles. The van der Waals surface area contributed by atoms with E-state index < -0.39 is 29.0 Å². The van der Waals surface area contributed by atoms with Crippen molar-refractivity contribution >= 4 is 0 Å². The van der Waals surface area contributed by atoms with Gasteiger partial charge in [0.05, 0.1) is 5.54 Å². The summed E-state index contributed by atoms with van der Waals surface area (Å²) >= 11 is 0. The minimum absolute atomic E-state index is 0.0991. The highest BCUT2D eigenvalue weighted by atomic mass is 19.1. The van der Waals surface area contributed by atoms with E-state index in [4.69, 9.17) is 11.5 Å². The lowest BCUT2D eigenvalue weighted by Crippen LogP contribution is -2.51. The lowest BCUT2D eigenvalue weighted by atomic mass is 9.81. The number of benzene rings is 1. The maximum Gasteiger partial charge on any atom is 0.126 e. The zero-order chi connectivity index (χ0) is 12.6. The number of nitrogens with two attached hydrogens (primary N) is 2. The second kappa shape index (κ2) is 4.01. The Morgan fingerprint density at radius 3 is 2.24 bits per heavy atom. The van der Waals surface area contributed by atoms with Crippen molar-refractivity contribution in [3.05, 3.63) is 59.5 Å². The highest BCUT2D eigenvalue weighted by Crippen LogP contribution is 2.30. The fourth-order valence-corrected chi connectivity index (χ4v) is 1.81. The van der Waals surface area contributed by atoms with Crippen LogP contribution in [0.15, 0.2) is 42.3 Å². The molecule has 0 fully saturated rings. The van der Waals surface area contributed by atoms with Crippen molar-refractivity contribution < 1.29 is 13.2 Å². The molecule has 0 saturated heterocycles. The van der Waals surface area contributed by atoms with Gasteiger partial charge in [0.1, 0.15) is 17.5 Å². The summed E-state index contributed by atoms with van der Waals surface area (Å²) in [6.07, 6.45) is 3.59. The smallest absolute Gasteiger partial charge is 0.126 e. The van der Waals surface area contributed by atoms with Crippen LogP contribution in [0.5, 0.6) is 0 Å². The molecule has 4 N–H and O–H groups in total. The van der Waals surface area contributed by atoms with Crippen molar-refractivity contribution in [1.82, 2.24) is 0 Å². The number of hydrogen-bond donors (Lipinski definition) is 2. The molecule has 90 valence electrons. The van der Waals surface area contributed by atoms with Gasteiger partial charge in [-0.3, -0.25) is 0 Å². The summed E-state index contributed by atoms with van der Waals surface area (Å²) in [5.74, 6) is -2.14. The van der Waals surface area contributed by atoms with Crippen molar-refractivity contribution in [2.75, 3.05) is 0 Å². The highest BCUT2D eigenvalue weighted by Gasteiger charge is 2.34. The van der Waals surface area contributed by atoms with Crippen LogP contribution >= 0.6 is 0 Å². The number of halogens is 3. The Bertz CT molecular complexity index is 490. The van der Waals surface area contributed by atoms with Gasteiger partial charge in [-0.1, -0.05) is 6.08 Å². The molecule has 1 aromatic carbocycles. The molecule has 2 nitrogen and oxygen atoms in total. The SMILES string of the molecule is NC1C=CC(F)=CC1(N)c1cc(F)cc(F)c1. The normalized spacial score (nSPS) is 28.1. The van der Waals surface area contributed by atoms with E-state index in [0.29, 0.717) is 0 Å². The van der Waals surface area contributed by atoms with Crippen LogP contribution in [-0.2, 0) is 5.54 Å². The summed E-state index contributed by atoms with van der Waals surface area (Å²) in [5, 5.41) is 0. The van der Waals surface area contributed by atoms with Crippen LogP contribution in [-0.4, -0.2) is 6.04 Å². The van der Waals surface area contributed by atoms with Gasteiger partial charge in [-0.05, 0) is 29.8 Å². The lowest BCUT2D eigenvalue weighted by Gasteiger charge is -2.33. The molecule has 0 spiro atoms. The first-order valence-electron chi connectivity index (χ1n) is 4.99. The van der Waals surface area contributed by atoms with Gasteiger partial charge in [0.15, 0.2) is 0 Å². The molecule has 2 unspecified atom stereocenters. The lowest BCUT2D eigenvalue weighted by molar-refractivity contribution is 0.462. The van der Waals surface area contributed by atoms with Gasteiger partial charge >= 0.3 is 0 Å². The zero-order valence-corrected chi connectivity index (χ0v) is 8.83. The third-order valence-corrected chi connectivity index (χ3v) is 2.75. The standard InChI is InChI=1S/C12H11F3N2/c13-8-1-2-11(16)12(17,6-8)7-3-9(14)5-10(15)4-7/h1-6,11H,16-17H2. The van der Waals surface area contributed by atoms with Gasteiger partial charge in [0, 0.05) is 12.1 Å². The summed E-state index contributed by atoms with van der Waals surface area (Å²) in [4.78, 5) is 0. The molecule has 1 aliphatic carbocycles. The minimum Gasteiger partial charge on any atom is -0.322 e. The Morgan fingerprint density at radius 1 is 1.06 bits per heavy atom. The van der Waals surface area contributed by atoms with E-state index in [1.165, 1.54) is 12.2 Å². The van der Waals surface area contributed by atoms with Crippen LogP contribution in [0.25, 0.3) is 0 Å². The van der Waals surface area contributed by atoms with Crippen LogP contribution < -0.4 is 11.5 Å². The predicted octanol–water partition coefficient (Wildman–Crippen LogP) is 1.87. The maximum absolute atomic E-state index is 13.2. The monoisotopic (exact) mass is 240 g/mol. The molecule has 0 heterocycles. The van der Waals surface area contributed by atoms with Gasteiger partial charge in [0.2, 0.25) is 0 Å². The highest BCUT2D eigenvalue weighted by molar-refractivity contribution is 5.40. The van der Waals surface area contributed by atoms with Crippen LogP contribution in [0, 0.1) is 11.6 Å². The molecule has 0 aliphatic heterocycles. The predicted molar refractivity (Wildman–Crippen MR) is 58.5 cm³/mol. The van der Waals surface area contributed by atoms with Crippen molar-refractivity contribution in [2.24, 2.45) is 11.5 Å². The molecule has 0 amide bonds.